The normalized spacial score (nSPS) is 10.2. The third-order valence-electron chi connectivity index (χ3n) is 3.22. The lowest BCUT2D eigenvalue weighted by Gasteiger charge is -2.19. The number of aryl methyl sites for hydroxylation is 1. The lowest BCUT2D eigenvalue weighted by atomic mass is 10.1. The number of hydrogen-bond donors (Lipinski definition) is 2. The van der Waals surface area contributed by atoms with Gasteiger partial charge in [0, 0.05) is 26.0 Å². The second-order valence-electron chi connectivity index (χ2n) is 4.65. The van der Waals surface area contributed by atoms with E-state index in [2.05, 4.69) is 10.4 Å². The molecule has 0 aliphatic heterocycles. The summed E-state index contributed by atoms with van der Waals surface area (Å²) in [7, 11) is 1.77. The van der Waals surface area contributed by atoms with Gasteiger partial charge in [0.2, 0.25) is 0 Å². The highest BCUT2D eigenvalue weighted by Crippen LogP contribution is 2.16. The van der Waals surface area contributed by atoms with Gasteiger partial charge in [-0.3, -0.25) is 15.6 Å². The Hall–Kier alpha value is -2.40. The predicted molar refractivity (Wildman–Crippen MR) is 79.0 cm³/mol. The van der Waals surface area contributed by atoms with Gasteiger partial charge in [-0.05, 0) is 24.1 Å². The molecule has 1 aromatic carbocycles. The van der Waals surface area contributed by atoms with Crippen LogP contribution in [0.1, 0.15) is 21.5 Å². The minimum Gasteiger partial charge on any atom is -0.337 e. The molecule has 104 valence electrons. The fourth-order valence-electron chi connectivity index (χ4n) is 2.01. The van der Waals surface area contributed by atoms with Crippen molar-refractivity contribution in [3.8, 4) is 0 Å². The molecule has 2 aromatic rings. The molecule has 0 aliphatic rings. The van der Waals surface area contributed by atoms with E-state index in [1.54, 1.807) is 24.2 Å². The van der Waals surface area contributed by atoms with Crippen molar-refractivity contribution in [2.45, 2.75) is 13.5 Å². The van der Waals surface area contributed by atoms with E-state index in [0.717, 1.165) is 11.1 Å². The van der Waals surface area contributed by atoms with E-state index >= 15 is 0 Å². The quantitative estimate of drug-likeness (QED) is 0.658. The summed E-state index contributed by atoms with van der Waals surface area (Å²) in [4.78, 5) is 18.1. The number of rotatable bonds is 4. The van der Waals surface area contributed by atoms with Crippen LogP contribution in [0.25, 0.3) is 0 Å². The molecule has 0 aliphatic carbocycles. The van der Waals surface area contributed by atoms with E-state index in [1.807, 2.05) is 31.2 Å². The number of aromatic nitrogens is 1. The number of hydrogen-bond acceptors (Lipinski definition) is 4. The first-order valence-corrected chi connectivity index (χ1v) is 6.34. The van der Waals surface area contributed by atoms with Gasteiger partial charge in [0.15, 0.2) is 0 Å². The minimum atomic E-state index is -0.116. The molecule has 0 bridgehead atoms. The first kappa shape index (κ1) is 14.0. The van der Waals surface area contributed by atoms with Crippen LogP contribution in [0.2, 0.25) is 0 Å². The average molecular weight is 270 g/mol. The van der Waals surface area contributed by atoms with Gasteiger partial charge < -0.3 is 10.3 Å². The third-order valence-corrected chi connectivity index (χ3v) is 3.22. The van der Waals surface area contributed by atoms with Crippen LogP contribution >= 0.6 is 0 Å². The highest BCUT2D eigenvalue weighted by Gasteiger charge is 2.16. The molecule has 0 saturated carbocycles. The number of nitrogens with zero attached hydrogens (tertiary/aromatic N) is 2. The number of pyridine rings is 1. The lowest BCUT2D eigenvalue weighted by Crippen LogP contribution is -2.28. The molecule has 0 atom stereocenters. The van der Waals surface area contributed by atoms with E-state index in [1.165, 1.54) is 6.20 Å². The fourth-order valence-corrected chi connectivity index (χ4v) is 2.01. The van der Waals surface area contributed by atoms with Gasteiger partial charge in [-0.1, -0.05) is 24.3 Å². The number of anilines is 1. The van der Waals surface area contributed by atoms with E-state index in [9.17, 15) is 4.79 Å². The zero-order chi connectivity index (χ0) is 14.5. The Balaban J connectivity index is 2.19. The summed E-state index contributed by atoms with van der Waals surface area (Å²) in [5.74, 6) is 5.30. The average Bonchev–Trinajstić information content (AvgIpc) is 2.48. The zero-order valence-corrected chi connectivity index (χ0v) is 11.6. The SMILES string of the molecule is Cc1ccccc1CN(C)C(=O)c1cnccc1NN. The summed E-state index contributed by atoms with van der Waals surface area (Å²) in [6.45, 7) is 2.58. The molecule has 5 nitrogen and oxygen atoms in total. The van der Waals surface area contributed by atoms with Gasteiger partial charge in [0.1, 0.15) is 0 Å². The molecule has 20 heavy (non-hydrogen) atoms. The van der Waals surface area contributed by atoms with Crippen LogP contribution < -0.4 is 11.3 Å². The Labute approximate surface area is 118 Å². The van der Waals surface area contributed by atoms with Crippen LogP contribution in [0.5, 0.6) is 0 Å². The van der Waals surface area contributed by atoms with Crippen LogP contribution in [-0.4, -0.2) is 22.8 Å². The van der Waals surface area contributed by atoms with Gasteiger partial charge in [-0.15, -0.1) is 0 Å². The Morgan fingerprint density at radius 3 is 2.80 bits per heavy atom. The zero-order valence-electron chi connectivity index (χ0n) is 11.6. The molecule has 0 spiro atoms. The van der Waals surface area contributed by atoms with Crippen molar-refractivity contribution in [2.75, 3.05) is 12.5 Å². The molecule has 0 radical (unpaired) electrons. The molecule has 1 amide bonds. The monoisotopic (exact) mass is 270 g/mol. The maximum atomic E-state index is 12.4. The molecule has 0 fully saturated rings. The highest BCUT2D eigenvalue weighted by atomic mass is 16.2. The maximum absolute atomic E-state index is 12.4. The maximum Gasteiger partial charge on any atom is 0.257 e. The van der Waals surface area contributed by atoms with Crippen molar-refractivity contribution in [1.29, 1.82) is 0 Å². The second-order valence-corrected chi connectivity index (χ2v) is 4.65. The van der Waals surface area contributed by atoms with Gasteiger partial charge in [-0.2, -0.15) is 0 Å². The molecule has 0 unspecified atom stereocenters. The van der Waals surface area contributed by atoms with Gasteiger partial charge in [0.05, 0.1) is 11.3 Å². The molecule has 0 saturated heterocycles. The first-order valence-electron chi connectivity index (χ1n) is 6.34. The number of benzene rings is 1. The van der Waals surface area contributed by atoms with Crippen molar-refractivity contribution in [3.05, 3.63) is 59.4 Å². The van der Waals surface area contributed by atoms with Gasteiger partial charge in [0.25, 0.3) is 5.91 Å². The number of nitrogens with one attached hydrogen (secondary N) is 1. The van der Waals surface area contributed by atoms with E-state index in [4.69, 9.17) is 5.84 Å². The summed E-state index contributed by atoms with van der Waals surface area (Å²) in [5.41, 5.74) is 5.84. The van der Waals surface area contributed by atoms with Crippen LogP contribution in [0.15, 0.2) is 42.7 Å². The summed E-state index contributed by atoms with van der Waals surface area (Å²) >= 11 is 0. The van der Waals surface area contributed by atoms with E-state index in [0.29, 0.717) is 17.8 Å². The van der Waals surface area contributed by atoms with Crippen molar-refractivity contribution in [2.24, 2.45) is 5.84 Å². The Morgan fingerprint density at radius 2 is 2.10 bits per heavy atom. The number of nitrogen functional groups attached to an aromatic ring is 1. The number of amides is 1. The largest absolute Gasteiger partial charge is 0.337 e. The van der Waals surface area contributed by atoms with Crippen LogP contribution in [0.3, 0.4) is 0 Å². The van der Waals surface area contributed by atoms with Crippen molar-refractivity contribution >= 4 is 11.6 Å². The third kappa shape index (κ3) is 2.95. The Morgan fingerprint density at radius 1 is 1.35 bits per heavy atom. The van der Waals surface area contributed by atoms with Crippen LogP contribution in [0, 0.1) is 6.92 Å². The highest BCUT2D eigenvalue weighted by molar-refractivity contribution is 5.99. The Bertz CT molecular complexity index is 612. The first-order chi connectivity index (χ1) is 9.63. The van der Waals surface area contributed by atoms with Crippen molar-refractivity contribution in [1.82, 2.24) is 9.88 Å². The minimum absolute atomic E-state index is 0.116. The smallest absolute Gasteiger partial charge is 0.257 e. The van der Waals surface area contributed by atoms with Gasteiger partial charge in [-0.25, -0.2) is 0 Å². The molecule has 5 heteroatoms. The van der Waals surface area contributed by atoms with E-state index in [-0.39, 0.29) is 5.91 Å². The number of carbonyl (C=O) groups is 1. The number of nitrogens with two attached hydrogens (primary N) is 1. The molecule has 1 heterocycles. The molecular weight excluding hydrogens is 252 g/mol. The van der Waals surface area contributed by atoms with Crippen molar-refractivity contribution < 1.29 is 4.79 Å². The van der Waals surface area contributed by atoms with Crippen molar-refractivity contribution in [3.63, 3.8) is 0 Å². The number of carbonyl (C=O) groups excluding carboxylic acids is 1. The standard InChI is InChI=1S/C15H18N4O/c1-11-5-3-4-6-12(11)10-19(2)15(20)13-9-17-8-7-14(13)18-16/h3-9H,10,16H2,1-2H3,(H,17,18). The summed E-state index contributed by atoms with van der Waals surface area (Å²) in [6.07, 6.45) is 3.11. The topological polar surface area (TPSA) is 71.2 Å². The van der Waals surface area contributed by atoms with Gasteiger partial charge >= 0.3 is 0 Å². The van der Waals surface area contributed by atoms with Crippen LogP contribution in [-0.2, 0) is 6.54 Å². The predicted octanol–water partition coefficient (Wildman–Crippen LogP) is 1.95. The summed E-state index contributed by atoms with van der Waals surface area (Å²) in [6, 6.07) is 9.68. The van der Waals surface area contributed by atoms with E-state index < -0.39 is 0 Å². The van der Waals surface area contributed by atoms with Crippen LogP contribution in [0.4, 0.5) is 5.69 Å². The fraction of sp³-hybridized carbons (Fsp3) is 0.200. The molecule has 2 rings (SSSR count). The molecule has 1 aromatic heterocycles. The second kappa shape index (κ2) is 6.16. The molecular formula is C15H18N4O. The number of hydrazine groups is 1. The lowest BCUT2D eigenvalue weighted by molar-refractivity contribution is 0.0785. The summed E-state index contributed by atoms with van der Waals surface area (Å²) < 4.78 is 0. The molecule has 3 N–H and O–H groups in total. The summed E-state index contributed by atoms with van der Waals surface area (Å²) in [5, 5.41) is 0. The Kier molecular flexibility index (Phi) is 4.32.